The predicted octanol–water partition coefficient (Wildman–Crippen LogP) is 3.21. The van der Waals surface area contributed by atoms with E-state index in [0.29, 0.717) is 0 Å². The first kappa shape index (κ1) is 12.7. The second-order valence-electron chi connectivity index (χ2n) is 4.04. The van der Waals surface area contributed by atoms with Gasteiger partial charge in [-0.2, -0.15) is 0 Å². The van der Waals surface area contributed by atoms with Crippen molar-refractivity contribution in [2.24, 2.45) is 0 Å². The van der Waals surface area contributed by atoms with Crippen molar-refractivity contribution in [3.8, 4) is 0 Å². The summed E-state index contributed by atoms with van der Waals surface area (Å²) in [6, 6.07) is 4.54. The van der Waals surface area contributed by atoms with Crippen LogP contribution in [0.3, 0.4) is 0 Å². The van der Waals surface area contributed by atoms with Crippen LogP contribution in [0.1, 0.15) is 38.6 Å². The van der Waals surface area contributed by atoms with Gasteiger partial charge in [-0.15, -0.1) is 11.3 Å². The van der Waals surface area contributed by atoms with Gasteiger partial charge in [0, 0.05) is 11.5 Å². The van der Waals surface area contributed by atoms with Gasteiger partial charge in [-0.1, -0.05) is 13.0 Å². The Morgan fingerprint density at radius 1 is 1.47 bits per heavy atom. The number of hydrogen-bond donors (Lipinski definition) is 1. The highest BCUT2D eigenvalue weighted by Gasteiger charge is 2.31. The summed E-state index contributed by atoms with van der Waals surface area (Å²) in [5.41, 5.74) is -0.157. The molecule has 0 aromatic carbocycles. The Morgan fingerprint density at radius 2 is 2.20 bits per heavy atom. The van der Waals surface area contributed by atoms with Gasteiger partial charge >= 0.3 is 0 Å². The third-order valence-corrected chi connectivity index (χ3v) is 3.38. The van der Waals surface area contributed by atoms with E-state index >= 15 is 0 Å². The smallest absolute Gasteiger partial charge is 0.0828 e. The predicted molar refractivity (Wildman–Crippen MR) is 66.4 cm³/mol. The molecule has 0 aliphatic heterocycles. The summed E-state index contributed by atoms with van der Waals surface area (Å²) < 4.78 is 5.81. The van der Waals surface area contributed by atoms with Crippen LogP contribution in [-0.4, -0.2) is 18.8 Å². The maximum atomic E-state index is 5.81. The Kier molecular flexibility index (Phi) is 4.77. The third-order valence-electron chi connectivity index (χ3n) is 2.45. The molecule has 1 aromatic heterocycles. The molecule has 0 aliphatic rings. The van der Waals surface area contributed by atoms with Gasteiger partial charge in [-0.3, -0.25) is 0 Å². The molecule has 0 bridgehead atoms. The van der Waals surface area contributed by atoms with E-state index in [4.69, 9.17) is 4.74 Å². The van der Waals surface area contributed by atoms with Gasteiger partial charge in [0.25, 0.3) is 0 Å². The molecule has 0 spiro atoms. The molecule has 0 fully saturated rings. The Bertz CT molecular complexity index is 269. The molecule has 15 heavy (non-hydrogen) atoms. The molecule has 1 unspecified atom stereocenters. The summed E-state index contributed by atoms with van der Waals surface area (Å²) in [4.78, 5) is 1.34. The van der Waals surface area contributed by atoms with Gasteiger partial charge in [-0.05, 0) is 38.8 Å². The van der Waals surface area contributed by atoms with Crippen molar-refractivity contribution in [1.29, 1.82) is 0 Å². The third kappa shape index (κ3) is 3.30. The number of likely N-dealkylation sites (N-methyl/N-ethyl adjacent to an activating group) is 1. The van der Waals surface area contributed by atoms with Crippen LogP contribution < -0.4 is 5.32 Å². The standard InChI is InChI=1S/C12H21NOS/c1-5-13-11(10-8-7-9-15-10)12(3,4)14-6-2/h7-9,11,13H,5-6H2,1-4H3. The van der Waals surface area contributed by atoms with E-state index < -0.39 is 0 Å². The minimum atomic E-state index is -0.157. The highest BCUT2D eigenvalue weighted by atomic mass is 32.1. The number of hydrogen-bond acceptors (Lipinski definition) is 3. The molecular weight excluding hydrogens is 206 g/mol. The van der Waals surface area contributed by atoms with E-state index in [1.165, 1.54) is 4.88 Å². The zero-order valence-electron chi connectivity index (χ0n) is 10.0. The number of thiophene rings is 1. The summed E-state index contributed by atoms with van der Waals surface area (Å²) in [5.74, 6) is 0. The van der Waals surface area contributed by atoms with Crippen molar-refractivity contribution in [2.75, 3.05) is 13.2 Å². The SMILES string of the molecule is CCNC(c1cccs1)C(C)(C)OCC. The van der Waals surface area contributed by atoms with Crippen LogP contribution in [0.4, 0.5) is 0 Å². The molecule has 1 heterocycles. The van der Waals surface area contributed by atoms with Gasteiger partial charge < -0.3 is 10.1 Å². The van der Waals surface area contributed by atoms with Crippen molar-refractivity contribution < 1.29 is 4.74 Å². The number of rotatable bonds is 6. The molecule has 3 heteroatoms. The highest BCUT2D eigenvalue weighted by Crippen LogP contribution is 2.31. The highest BCUT2D eigenvalue weighted by molar-refractivity contribution is 7.10. The summed E-state index contributed by atoms with van der Waals surface area (Å²) >= 11 is 1.78. The first-order valence-electron chi connectivity index (χ1n) is 5.52. The molecule has 1 rings (SSSR count). The lowest BCUT2D eigenvalue weighted by molar-refractivity contribution is -0.0380. The molecule has 2 nitrogen and oxygen atoms in total. The van der Waals surface area contributed by atoms with Crippen molar-refractivity contribution in [3.05, 3.63) is 22.4 Å². The quantitative estimate of drug-likeness (QED) is 0.805. The van der Waals surface area contributed by atoms with Crippen LogP contribution in [0.5, 0.6) is 0 Å². The average molecular weight is 227 g/mol. The van der Waals surface area contributed by atoms with Crippen molar-refractivity contribution in [1.82, 2.24) is 5.32 Å². The van der Waals surface area contributed by atoms with Crippen LogP contribution in [0.15, 0.2) is 17.5 Å². The summed E-state index contributed by atoms with van der Waals surface area (Å²) in [7, 11) is 0. The fourth-order valence-corrected chi connectivity index (χ4v) is 2.78. The zero-order valence-corrected chi connectivity index (χ0v) is 10.9. The van der Waals surface area contributed by atoms with E-state index in [1.807, 2.05) is 6.92 Å². The average Bonchev–Trinajstić information content (AvgIpc) is 2.66. The number of nitrogens with one attached hydrogen (secondary N) is 1. The summed E-state index contributed by atoms with van der Waals surface area (Å²) in [6.07, 6.45) is 0. The normalized spacial score (nSPS) is 14.1. The maximum absolute atomic E-state index is 5.81. The van der Waals surface area contributed by atoms with E-state index in [1.54, 1.807) is 11.3 Å². The Labute approximate surface area is 96.7 Å². The van der Waals surface area contributed by atoms with E-state index in [-0.39, 0.29) is 11.6 Å². The van der Waals surface area contributed by atoms with Crippen molar-refractivity contribution in [2.45, 2.75) is 39.3 Å². The molecule has 1 atom stereocenters. The first-order valence-corrected chi connectivity index (χ1v) is 6.40. The second-order valence-corrected chi connectivity index (χ2v) is 5.02. The van der Waals surface area contributed by atoms with Gasteiger partial charge in [0.2, 0.25) is 0 Å². The van der Waals surface area contributed by atoms with E-state index in [2.05, 4.69) is 43.6 Å². The Balaban J connectivity index is 2.82. The molecule has 86 valence electrons. The Hall–Kier alpha value is -0.380. The zero-order chi connectivity index (χ0) is 11.3. The van der Waals surface area contributed by atoms with E-state index in [9.17, 15) is 0 Å². The lowest BCUT2D eigenvalue weighted by Crippen LogP contribution is -2.41. The van der Waals surface area contributed by atoms with Gasteiger partial charge in [-0.25, -0.2) is 0 Å². The molecule has 0 amide bonds. The summed E-state index contributed by atoms with van der Waals surface area (Å²) in [5, 5.41) is 5.61. The molecule has 1 N–H and O–H groups in total. The molecular formula is C12H21NOS. The van der Waals surface area contributed by atoms with Crippen LogP contribution in [0.25, 0.3) is 0 Å². The van der Waals surface area contributed by atoms with Crippen LogP contribution >= 0.6 is 11.3 Å². The van der Waals surface area contributed by atoms with Gasteiger partial charge in [0.1, 0.15) is 0 Å². The van der Waals surface area contributed by atoms with Crippen LogP contribution in [0.2, 0.25) is 0 Å². The molecule has 0 saturated heterocycles. The monoisotopic (exact) mass is 227 g/mol. The largest absolute Gasteiger partial charge is 0.374 e. The molecule has 0 saturated carbocycles. The minimum Gasteiger partial charge on any atom is -0.374 e. The fourth-order valence-electron chi connectivity index (χ4n) is 1.80. The van der Waals surface area contributed by atoms with Crippen molar-refractivity contribution >= 4 is 11.3 Å². The lowest BCUT2D eigenvalue weighted by atomic mass is 9.97. The maximum Gasteiger partial charge on any atom is 0.0828 e. The minimum absolute atomic E-state index is 0.157. The Morgan fingerprint density at radius 3 is 2.67 bits per heavy atom. The van der Waals surface area contributed by atoms with Gasteiger partial charge in [0.05, 0.1) is 11.6 Å². The second kappa shape index (κ2) is 5.64. The topological polar surface area (TPSA) is 21.3 Å². The molecule has 0 aliphatic carbocycles. The molecule has 1 aromatic rings. The van der Waals surface area contributed by atoms with Crippen molar-refractivity contribution in [3.63, 3.8) is 0 Å². The van der Waals surface area contributed by atoms with Crippen LogP contribution in [0, 0.1) is 0 Å². The van der Waals surface area contributed by atoms with Crippen LogP contribution in [-0.2, 0) is 4.74 Å². The van der Waals surface area contributed by atoms with Gasteiger partial charge in [0.15, 0.2) is 0 Å². The molecule has 0 radical (unpaired) electrons. The fraction of sp³-hybridized carbons (Fsp3) is 0.667. The first-order chi connectivity index (χ1) is 7.11. The van der Waals surface area contributed by atoms with E-state index in [0.717, 1.165) is 13.2 Å². The lowest BCUT2D eigenvalue weighted by Gasteiger charge is -2.34. The summed E-state index contributed by atoms with van der Waals surface area (Å²) in [6.45, 7) is 10.2. The number of ether oxygens (including phenoxy) is 1.